The van der Waals surface area contributed by atoms with Crippen LogP contribution in [0.3, 0.4) is 0 Å². The molecule has 0 amide bonds. The Kier molecular flexibility index (Phi) is 1.39. The summed E-state index contributed by atoms with van der Waals surface area (Å²) in [5.41, 5.74) is 0. The van der Waals surface area contributed by atoms with Crippen molar-refractivity contribution in [3.63, 3.8) is 0 Å². The van der Waals surface area contributed by atoms with Crippen LogP contribution in [0.1, 0.15) is 6.42 Å². The molecule has 3 nitrogen and oxygen atoms in total. The van der Waals surface area contributed by atoms with Crippen LogP contribution in [-0.2, 0) is 25.4 Å². The molecule has 2 unspecified atom stereocenters. The molecule has 2 heterocycles. The molecule has 0 aromatic rings. The van der Waals surface area contributed by atoms with Crippen molar-refractivity contribution < 1.29 is 13.6 Å². The van der Waals surface area contributed by atoms with E-state index in [1.165, 1.54) is 0 Å². The summed E-state index contributed by atoms with van der Waals surface area (Å²) in [6.07, 6.45) is 1.16. The summed E-state index contributed by atoms with van der Waals surface area (Å²) < 4.78 is 15.5. The van der Waals surface area contributed by atoms with E-state index in [9.17, 15) is 0 Å². The average molecular weight is 166 g/mol. The Morgan fingerprint density at radius 1 is 1.44 bits per heavy atom. The van der Waals surface area contributed by atoms with Gasteiger partial charge in [0.1, 0.15) is 0 Å². The van der Waals surface area contributed by atoms with E-state index >= 15 is 0 Å². The fourth-order valence-electron chi connectivity index (χ4n) is 0.918. The Labute approximate surface area is 58.5 Å². The lowest BCUT2D eigenvalue weighted by Gasteiger charge is -2.19. The van der Waals surface area contributed by atoms with Crippen LogP contribution in [0.25, 0.3) is 0 Å². The lowest BCUT2D eigenvalue weighted by molar-refractivity contribution is 0.138. The minimum Gasteiger partial charge on any atom is -0.309 e. The van der Waals surface area contributed by atoms with Gasteiger partial charge in [0.2, 0.25) is 0 Å². The molecule has 0 spiro atoms. The van der Waals surface area contributed by atoms with Crippen molar-refractivity contribution in [1.29, 1.82) is 0 Å². The van der Waals surface area contributed by atoms with E-state index in [1.807, 2.05) is 0 Å². The first kappa shape index (κ1) is 6.25. The van der Waals surface area contributed by atoms with Crippen LogP contribution in [0.2, 0.25) is 0 Å². The van der Waals surface area contributed by atoms with Gasteiger partial charge in [-0.15, -0.1) is 0 Å². The van der Waals surface area contributed by atoms with Gasteiger partial charge in [0.25, 0.3) is 0 Å². The first-order chi connectivity index (χ1) is 4.29. The Bertz CT molecular complexity index is 165. The molecule has 9 heavy (non-hydrogen) atoms. The average Bonchev–Trinajstić information content (AvgIpc) is 2.07. The van der Waals surface area contributed by atoms with E-state index in [0.29, 0.717) is 13.2 Å². The van der Waals surface area contributed by atoms with Gasteiger partial charge in [-0.05, 0) is 11.8 Å². The second-order valence-electron chi connectivity index (χ2n) is 2.09. The quantitative estimate of drug-likeness (QED) is 0.502. The molecule has 2 rings (SSSR count). The van der Waals surface area contributed by atoms with Crippen LogP contribution in [0.15, 0.2) is 0 Å². The number of hydrogen-bond donors (Lipinski definition) is 0. The third-order valence-electron chi connectivity index (χ3n) is 1.39. The fourth-order valence-corrected chi connectivity index (χ4v) is 3.09. The normalized spacial score (nSPS) is 49.6. The highest BCUT2D eigenvalue weighted by Gasteiger charge is 2.37. The zero-order chi connectivity index (χ0) is 6.32. The molecule has 52 valence electrons. The van der Waals surface area contributed by atoms with Crippen LogP contribution in [0, 0.1) is 0 Å². The third kappa shape index (κ3) is 1.06. The van der Waals surface area contributed by atoms with Gasteiger partial charge in [-0.3, -0.25) is 0 Å². The van der Waals surface area contributed by atoms with E-state index in [2.05, 4.69) is 0 Å². The third-order valence-corrected chi connectivity index (χ3v) is 3.80. The summed E-state index contributed by atoms with van der Waals surface area (Å²) in [5.74, 6) is 0. The molecule has 5 heteroatoms. The van der Waals surface area contributed by atoms with Gasteiger partial charge in [0.05, 0.1) is 19.3 Å². The van der Waals surface area contributed by atoms with Crippen LogP contribution in [-0.4, -0.2) is 19.3 Å². The van der Waals surface area contributed by atoms with Crippen LogP contribution in [0.5, 0.6) is 0 Å². The molecule has 2 aliphatic rings. The number of rotatable bonds is 0. The van der Waals surface area contributed by atoms with Crippen molar-refractivity contribution in [1.82, 2.24) is 0 Å². The minimum atomic E-state index is -2.19. The molecule has 0 saturated carbocycles. The van der Waals surface area contributed by atoms with E-state index in [1.54, 1.807) is 0 Å². The number of hydrogen-bond acceptors (Lipinski definition) is 4. The summed E-state index contributed by atoms with van der Waals surface area (Å²) >= 11 is 4.94. The van der Waals surface area contributed by atoms with Gasteiger partial charge >= 0.3 is 6.72 Å². The molecule has 0 radical (unpaired) electrons. The molecule has 2 aliphatic heterocycles. The fraction of sp³-hybridized carbons (Fsp3) is 1.00. The summed E-state index contributed by atoms with van der Waals surface area (Å²) in [4.78, 5) is 0. The summed E-state index contributed by atoms with van der Waals surface area (Å²) in [7, 11) is 0. The highest BCUT2D eigenvalue weighted by Crippen LogP contribution is 2.58. The van der Waals surface area contributed by atoms with Crippen LogP contribution in [0.4, 0.5) is 0 Å². The maximum atomic E-state index is 5.27. The van der Waals surface area contributed by atoms with Crippen molar-refractivity contribution in [2.45, 2.75) is 12.5 Å². The van der Waals surface area contributed by atoms with Gasteiger partial charge in [-0.25, -0.2) is 0 Å². The molecule has 2 fully saturated rings. The Balaban J connectivity index is 2.22. The molecule has 0 aromatic heterocycles. The maximum absolute atomic E-state index is 5.27. The standard InChI is InChI=1S/C4H7O3PS/c9-8-5-2-1-4(7-8)3-6-8/h4H,1-3H2. The Morgan fingerprint density at radius 3 is 3.00 bits per heavy atom. The summed E-state index contributed by atoms with van der Waals surface area (Å²) in [6.45, 7) is -0.840. The van der Waals surface area contributed by atoms with Crippen LogP contribution < -0.4 is 0 Å². The zero-order valence-corrected chi connectivity index (χ0v) is 6.49. The van der Waals surface area contributed by atoms with Gasteiger partial charge in [-0.2, -0.15) is 0 Å². The maximum Gasteiger partial charge on any atom is 0.327 e. The molecule has 2 saturated heterocycles. The highest BCUT2D eigenvalue weighted by molar-refractivity contribution is 8.07. The molecular formula is C4H7O3PS. The van der Waals surface area contributed by atoms with E-state index in [4.69, 9.17) is 25.4 Å². The molecule has 0 N–H and O–H groups in total. The van der Waals surface area contributed by atoms with Crippen LogP contribution >= 0.6 is 6.72 Å². The molecule has 0 aromatic carbocycles. The van der Waals surface area contributed by atoms with Crippen molar-refractivity contribution >= 4 is 18.5 Å². The predicted octanol–water partition coefficient (Wildman–Crippen LogP) is 1.05. The van der Waals surface area contributed by atoms with Crippen molar-refractivity contribution in [3.8, 4) is 0 Å². The van der Waals surface area contributed by atoms with Gasteiger partial charge < -0.3 is 13.6 Å². The van der Waals surface area contributed by atoms with E-state index < -0.39 is 6.72 Å². The SMILES string of the molecule is S=P12OCCC(CO1)O2. The summed E-state index contributed by atoms with van der Waals surface area (Å²) in [5, 5.41) is 0. The molecule has 2 atom stereocenters. The van der Waals surface area contributed by atoms with Gasteiger partial charge in [-0.1, -0.05) is 0 Å². The lowest BCUT2D eigenvalue weighted by Crippen LogP contribution is -2.14. The van der Waals surface area contributed by atoms with Crippen molar-refractivity contribution in [2.24, 2.45) is 0 Å². The topological polar surface area (TPSA) is 27.7 Å². The molecule has 0 aliphatic carbocycles. The predicted molar refractivity (Wildman–Crippen MR) is 35.7 cm³/mol. The van der Waals surface area contributed by atoms with E-state index in [-0.39, 0.29) is 6.10 Å². The Hall–Kier alpha value is 0.530. The minimum absolute atomic E-state index is 0.226. The second-order valence-corrected chi connectivity index (χ2v) is 5.06. The smallest absolute Gasteiger partial charge is 0.309 e. The highest BCUT2D eigenvalue weighted by atomic mass is 32.5. The lowest BCUT2D eigenvalue weighted by atomic mass is 10.3. The molecule has 2 bridgehead atoms. The first-order valence-electron chi connectivity index (χ1n) is 2.86. The first-order valence-corrected chi connectivity index (χ1v) is 5.42. The van der Waals surface area contributed by atoms with Crippen molar-refractivity contribution in [3.05, 3.63) is 0 Å². The monoisotopic (exact) mass is 166 g/mol. The number of fused-ring (bicyclic) bond motifs is 2. The largest absolute Gasteiger partial charge is 0.327 e. The summed E-state index contributed by atoms with van der Waals surface area (Å²) in [6, 6.07) is 0. The van der Waals surface area contributed by atoms with E-state index in [0.717, 1.165) is 6.42 Å². The van der Waals surface area contributed by atoms with Gasteiger partial charge in [0.15, 0.2) is 0 Å². The van der Waals surface area contributed by atoms with Gasteiger partial charge in [0, 0.05) is 6.42 Å². The molecular weight excluding hydrogens is 159 g/mol. The zero-order valence-electron chi connectivity index (χ0n) is 4.78. The Morgan fingerprint density at radius 2 is 2.33 bits per heavy atom. The van der Waals surface area contributed by atoms with Crippen molar-refractivity contribution in [2.75, 3.05) is 13.2 Å². The second kappa shape index (κ2) is 2.01.